The molecular weight excluding hydrogens is 518 g/mol. The van der Waals surface area contributed by atoms with E-state index in [1.54, 1.807) is 9.80 Å². The van der Waals surface area contributed by atoms with E-state index in [9.17, 15) is 19.5 Å². The molecule has 2 fully saturated rings. The average molecular weight is 556 g/mol. The largest absolute Gasteiger partial charge is 0.394 e. The molecular formula is C33H37N3O5. The first kappa shape index (κ1) is 27.4. The summed E-state index contributed by atoms with van der Waals surface area (Å²) in [4.78, 5) is 48.5. The summed E-state index contributed by atoms with van der Waals surface area (Å²) in [6.07, 6.45) is 8.38. The van der Waals surface area contributed by atoms with Gasteiger partial charge in [0.05, 0.1) is 30.1 Å². The minimum Gasteiger partial charge on any atom is -0.394 e. The average Bonchev–Trinajstić information content (AvgIpc) is 3.26. The van der Waals surface area contributed by atoms with E-state index < -0.39 is 35.1 Å². The number of aliphatic hydroxyl groups excluding tert-OH is 1. The van der Waals surface area contributed by atoms with Crippen LogP contribution in [-0.4, -0.2) is 81.0 Å². The Morgan fingerprint density at radius 1 is 0.878 bits per heavy atom. The van der Waals surface area contributed by atoms with Crippen LogP contribution in [0.1, 0.15) is 37.4 Å². The van der Waals surface area contributed by atoms with Crippen LogP contribution in [0.15, 0.2) is 85.0 Å². The van der Waals surface area contributed by atoms with Crippen molar-refractivity contribution < 1.29 is 24.2 Å². The van der Waals surface area contributed by atoms with Crippen LogP contribution in [0.4, 0.5) is 0 Å². The molecule has 6 rings (SSSR count). The predicted octanol–water partition coefficient (Wildman–Crippen LogP) is 3.10. The summed E-state index contributed by atoms with van der Waals surface area (Å²) in [6.45, 7) is 5.23. The number of aliphatic hydroxyl groups is 1. The van der Waals surface area contributed by atoms with Gasteiger partial charge in [-0.05, 0) is 24.5 Å². The maximum absolute atomic E-state index is 14.7. The number of amides is 3. The summed E-state index contributed by atoms with van der Waals surface area (Å²) in [5.74, 6) is -2.46. The Balaban J connectivity index is 1.49. The van der Waals surface area contributed by atoms with Crippen LogP contribution in [0.25, 0.3) is 0 Å². The van der Waals surface area contributed by atoms with Crippen LogP contribution >= 0.6 is 0 Å². The van der Waals surface area contributed by atoms with Crippen molar-refractivity contribution in [3.63, 3.8) is 0 Å². The van der Waals surface area contributed by atoms with Crippen molar-refractivity contribution in [1.82, 2.24) is 14.7 Å². The summed E-state index contributed by atoms with van der Waals surface area (Å²) < 4.78 is 6.91. The van der Waals surface area contributed by atoms with E-state index in [2.05, 4.69) is 0 Å². The summed E-state index contributed by atoms with van der Waals surface area (Å²) in [5, 5.41) is 10.7. The van der Waals surface area contributed by atoms with Crippen LogP contribution < -0.4 is 0 Å². The second-order valence-electron chi connectivity index (χ2n) is 11.6. The van der Waals surface area contributed by atoms with Gasteiger partial charge in [0.2, 0.25) is 17.7 Å². The lowest BCUT2D eigenvalue weighted by molar-refractivity contribution is -0.156. The van der Waals surface area contributed by atoms with Gasteiger partial charge in [0.25, 0.3) is 0 Å². The molecule has 41 heavy (non-hydrogen) atoms. The third-order valence-electron chi connectivity index (χ3n) is 9.06. The molecule has 4 aliphatic rings. The summed E-state index contributed by atoms with van der Waals surface area (Å²) in [5.41, 5.74) is -0.741. The molecule has 4 aliphatic heterocycles. The molecule has 1 unspecified atom stereocenters. The first-order valence-electron chi connectivity index (χ1n) is 14.5. The second kappa shape index (κ2) is 10.6. The van der Waals surface area contributed by atoms with Gasteiger partial charge in [-0.3, -0.25) is 14.4 Å². The number of benzene rings is 2. The van der Waals surface area contributed by atoms with E-state index in [4.69, 9.17) is 4.74 Å². The quantitative estimate of drug-likeness (QED) is 0.531. The highest BCUT2D eigenvalue weighted by Crippen LogP contribution is 2.58. The first-order valence-corrected chi connectivity index (χ1v) is 14.5. The fourth-order valence-electron chi connectivity index (χ4n) is 7.34. The molecule has 0 aromatic heterocycles. The number of carbonyl (C=O) groups excluding carboxylic acids is 3. The maximum Gasteiger partial charge on any atom is 0.249 e. The zero-order valence-corrected chi connectivity index (χ0v) is 23.6. The predicted molar refractivity (Wildman–Crippen MR) is 153 cm³/mol. The molecule has 8 heteroatoms. The number of ether oxygens (including phenoxy) is 1. The Bertz CT molecular complexity index is 1380. The standard InChI is InChI=1S/C33H37N3O5/c1-3-18-34-19-10-16-32(2)26(29(34)38)27-30(39)36(25(22-37)24-14-8-5-9-15-24)28-31(40)35(20-11-17-33(27,28)41-32)21-23-12-6-4-7-13-23/h4-17,25-28,37H,3,18-22H2,1-2H3/t25-,26-,27+,28?,32+,33+/m1/s1. The van der Waals surface area contributed by atoms with Crippen molar-refractivity contribution >= 4 is 17.7 Å². The van der Waals surface area contributed by atoms with Crippen molar-refractivity contribution in [3.8, 4) is 0 Å². The second-order valence-corrected chi connectivity index (χ2v) is 11.6. The van der Waals surface area contributed by atoms with E-state index in [1.807, 2.05) is 98.8 Å². The highest BCUT2D eigenvalue weighted by atomic mass is 16.5. The Hall–Kier alpha value is -3.75. The molecule has 1 spiro atoms. The van der Waals surface area contributed by atoms with Crippen molar-refractivity contribution in [2.75, 3.05) is 26.2 Å². The number of likely N-dealkylation sites (tertiary alicyclic amines) is 1. The first-order chi connectivity index (χ1) is 19.8. The molecule has 2 aromatic rings. The minimum absolute atomic E-state index is 0.137. The fraction of sp³-hybridized carbons (Fsp3) is 0.424. The van der Waals surface area contributed by atoms with Crippen LogP contribution in [0.5, 0.6) is 0 Å². The molecule has 1 N–H and O–H groups in total. The van der Waals surface area contributed by atoms with Gasteiger partial charge in [-0.2, -0.15) is 0 Å². The van der Waals surface area contributed by atoms with Crippen LogP contribution in [0.2, 0.25) is 0 Å². The zero-order valence-electron chi connectivity index (χ0n) is 23.6. The molecule has 0 bridgehead atoms. The molecule has 0 aliphatic carbocycles. The number of rotatable bonds is 7. The lowest BCUT2D eigenvalue weighted by Crippen LogP contribution is -2.56. The van der Waals surface area contributed by atoms with E-state index in [1.165, 1.54) is 4.90 Å². The Kier molecular flexibility index (Phi) is 7.08. The zero-order chi connectivity index (χ0) is 28.8. The molecule has 3 amide bonds. The van der Waals surface area contributed by atoms with Crippen LogP contribution in [-0.2, 0) is 25.7 Å². The van der Waals surface area contributed by atoms with E-state index in [0.717, 1.165) is 17.5 Å². The van der Waals surface area contributed by atoms with Crippen molar-refractivity contribution in [1.29, 1.82) is 0 Å². The van der Waals surface area contributed by atoms with Gasteiger partial charge in [0.1, 0.15) is 11.6 Å². The highest BCUT2D eigenvalue weighted by molar-refractivity contribution is 6.00. The smallest absolute Gasteiger partial charge is 0.249 e. The molecule has 8 nitrogen and oxygen atoms in total. The Morgan fingerprint density at radius 3 is 2.22 bits per heavy atom. The summed E-state index contributed by atoms with van der Waals surface area (Å²) in [6, 6.07) is 17.2. The van der Waals surface area contributed by atoms with Crippen molar-refractivity contribution in [2.45, 2.75) is 50.1 Å². The molecule has 0 saturated carbocycles. The molecule has 6 atom stereocenters. The molecule has 214 valence electrons. The van der Waals surface area contributed by atoms with Crippen molar-refractivity contribution in [3.05, 3.63) is 96.1 Å². The van der Waals surface area contributed by atoms with E-state index in [0.29, 0.717) is 26.2 Å². The lowest BCUT2D eigenvalue weighted by atomic mass is 9.74. The van der Waals surface area contributed by atoms with Gasteiger partial charge in [-0.25, -0.2) is 0 Å². The minimum atomic E-state index is -1.36. The van der Waals surface area contributed by atoms with Gasteiger partial charge in [-0.15, -0.1) is 0 Å². The third kappa shape index (κ3) is 4.32. The SMILES string of the molecule is CCCN1CC=C[C@]2(C)O[C@]34C=CCN(Cc5ccccc5)C(=O)C3N([C@H](CO)c3ccccc3)C(=O)[C@@H]4[C@@H]2C1=O. The number of hydrogen-bond acceptors (Lipinski definition) is 5. The highest BCUT2D eigenvalue weighted by Gasteiger charge is 2.75. The van der Waals surface area contributed by atoms with E-state index in [-0.39, 0.29) is 24.3 Å². The third-order valence-corrected chi connectivity index (χ3v) is 9.06. The molecule has 2 saturated heterocycles. The number of nitrogens with zero attached hydrogens (tertiary/aromatic N) is 3. The maximum atomic E-state index is 14.7. The summed E-state index contributed by atoms with van der Waals surface area (Å²) >= 11 is 0. The fourth-order valence-corrected chi connectivity index (χ4v) is 7.34. The molecule has 4 heterocycles. The van der Waals surface area contributed by atoms with E-state index >= 15 is 0 Å². The van der Waals surface area contributed by atoms with Gasteiger partial charge < -0.3 is 24.5 Å². The number of carbonyl (C=O) groups is 3. The monoisotopic (exact) mass is 555 g/mol. The number of hydrogen-bond donors (Lipinski definition) is 1. The van der Waals surface area contributed by atoms with Gasteiger partial charge >= 0.3 is 0 Å². The van der Waals surface area contributed by atoms with Gasteiger partial charge in [0.15, 0.2) is 0 Å². The van der Waals surface area contributed by atoms with Crippen LogP contribution in [0.3, 0.4) is 0 Å². The molecule has 0 radical (unpaired) electrons. The van der Waals surface area contributed by atoms with Crippen molar-refractivity contribution in [2.24, 2.45) is 11.8 Å². The summed E-state index contributed by atoms with van der Waals surface area (Å²) in [7, 11) is 0. The van der Waals surface area contributed by atoms with Crippen LogP contribution in [0, 0.1) is 11.8 Å². The lowest BCUT2D eigenvalue weighted by Gasteiger charge is -2.40. The van der Waals surface area contributed by atoms with Gasteiger partial charge in [0, 0.05) is 26.2 Å². The number of fused-ring (bicyclic) bond motifs is 2. The Labute approximate surface area is 240 Å². The normalized spacial score (nSPS) is 31.5. The van der Waals surface area contributed by atoms with Gasteiger partial charge in [-0.1, -0.05) is 91.9 Å². The topological polar surface area (TPSA) is 90.4 Å². The molecule has 2 aromatic carbocycles. The Morgan fingerprint density at radius 2 is 1.54 bits per heavy atom.